The van der Waals surface area contributed by atoms with Crippen LogP contribution in [0.25, 0.3) is 0 Å². The molecule has 1 aromatic carbocycles. The summed E-state index contributed by atoms with van der Waals surface area (Å²) in [5.41, 5.74) is 1.97. The fraction of sp³-hybridized carbons (Fsp3) is 0.200. The zero-order valence-corrected chi connectivity index (χ0v) is 12.9. The maximum absolute atomic E-state index is 12.0. The summed E-state index contributed by atoms with van der Waals surface area (Å²) in [6.07, 6.45) is 1.50. The van der Waals surface area contributed by atoms with Gasteiger partial charge in [0.15, 0.2) is 4.67 Å². The van der Waals surface area contributed by atoms with Gasteiger partial charge < -0.3 is 14.8 Å². The van der Waals surface area contributed by atoms with E-state index in [4.69, 9.17) is 9.52 Å². The molecule has 0 aliphatic carbocycles. The summed E-state index contributed by atoms with van der Waals surface area (Å²) in [4.78, 5) is 22.7. The molecule has 2 N–H and O–H groups in total. The van der Waals surface area contributed by atoms with Gasteiger partial charge in [0.25, 0.3) is 5.91 Å². The molecule has 0 fully saturated rings. The number of benzene rings is 1. The molecule has 1 aromatic heterocycles. The van der Waals surface area contributed by atoms with Gasteiger partial charge in [-0.3, -0.25) is 9.59 Å². The van der Waals surface area contributed by atoms with E-state index in [0.29, 0.717) is 15.9 Å². The summed E-state index contributed by atoms with van der Waals surface area (Å²) in [5, 5.41) is 11.5. The lowest BCUT2D eigenvalue weighted by atomic mass is 9.98. The lowest BCUT2D eigenvalue weighted by Gasteiger charge is -2.10. The molecule has 2 rings (SSSR count). The van der Waals surface area contributed by atoms with E-state index in [-0.39, 0.29) is 18.2 Å². The first-order valence-electron chi connectivity index (χ1n) is 6.33. The fourth-order valence-electron chi connectivity index (χ4n) is 1.93. The van der Waals surface area contributed by atoms with Gasteiger partial charge in [0.2, 0.25) is 0 Å². The Morgan fingerprint density at radius 1 is 1.29 bits per heavy atom. The maximum atomic E-state index is 12.0. The van der Waals surface area contributed by atoms with Gasteiger partial charge in [-0.25, -0.2) is 0 Å². The van der Waals surface area contributed by atoms with Crippen LogP contribution < -0.4 is 5.32 Å². The lowest BCUT2D eigenvalue weighted by molar-refractivity contribution is -0.137. The fourth-order valence-corrected chi connectivity index (χ4v) is 2.35. The molecule has 1 heterocycles. The van der Waals surface area contributed by atoms with Crippen molar-refractivity contribution < 1.29 is 19.1 Å². The molecular weight excluding hydrogens is 338 g/mol. The van der Waals surface area contributed by atoms with Crippen LogP contribution in [-0.4, -0.2) is 17.0 Å². The van der Waals surface area contributed by atoms with Crippen LogP contribution in [0.2, 0.25) is 0 Å². The van der Waals surface area contributed by atoms with E-state index in [2.05, 4.69) is 21.2 Å². The average molecular weight is 352 g/mol. The highest BCUT2D eigenvalue weighted by molar-refractivity contribution is 9.10. The van der Waals surface area contributed by atoms with Crippen molar-refractivity contribution in [2.45, 2.75) is 19.3 Å². The number of carbonyl (C=O) groups is 2. The van der Waals surface area contributed by atoms with Crippen molar-refractivity contribution in [3.05, 3.63) is 52.4 Å². The first kappa shape index (κ1) is 15.3. The molecule has 0 aliphatic heterocycles. The quantitative estimate of drug-likeness (QED) is 0.856. The van der Waals surface area contributed by atoms with Gasteiger partial charge in [-0.05, 0) is 45.6 Å². The van der Waals surface area contributed by atoms with Gasteiger partial charge in [0, 0.05) is 5.69 Å². The maximum Gasteiger partial charge on any atom is 0.303 e. The second-order valence-electron chi connectivity index (χ2n) is 4.68. The minimum absolute atomic E-state index is 0.0738. The van der Waals surface area contributed by atoms with Crippen LogP contribution in [0.3, 0.4) is 0 Å². The summed E-state index contributed by atoms with van der Waals surface area (Å²) in [6, 6.07) is 8.70. The number of anilines is 1. The highest BCUT2D eigenvalue weighted by Crippen LogP contribution is 2.22. The molecule has 0 saturated heterocycles. The summed E-state index contributed by atoms with van der Waals surface area (Å²) in [5.74, 6) is -1.18. The first-order chi connectivity index (χ1) is 9.97. The molecule has 0 spiro atoms. The zero-order valence-electron chi connectivity index (χ0n) is 11.3. The predicted octanol–water partition coefficient (Wildman–Crippen LogP) is 3.87. The van der Waals surface area contributed by atoms with Crippen molar-refractivity contribution in [2.24, 2.45) is 0 Å². The summed E-state index contributed by atoms with van der Waals surface area (Å²) in [6.45, 7) is 1.85. The van der Waals surface area contributed by atoms with Crippen molar-refractivity contribution in [3.63, 3.8) is 0 Å². The molecule has 1 unspecified atom stereocenters. The highest BCUT2D eigenvalue weighted by atomic mass is 79.9. The van der Waals surface area contributed by atoms with E-state index in [1.54, 1.807) is 18.2 Å². The number of nitrogens with one attached hydrogen (secondary N) is 1. The summed E-state index contributed by atoms with van der Waals surface area (Å²) < 4.78 is 5.39. The molecule has 110 valence electrons. The standard InChI is InChI=1S/C15H14BrNO4/c1-9(8-13(18)19)10-2-4-11(5-3-10)17-15(20)12-6-7-21-14(12)16/h2-7,9H,8H2,1H3,(H,17,20)(H,18,19). The number of hydrogen-bond acceptors (Lipinski definition) is 3. The van der Waals surface area contributed by atoms with E-state index >= 15 is 0 Å². The molecule has 0 bridgehead atoms. The molecule has 5 nitrogen and oxygen atoms in total. The molecule has 1 atom stereocenters. The Balaban J connectivity index is 2.04. The summed E-state index contributed by atoms with van der Waals surface area (Å²) in [7, 11) is 0. The van der Waals surface area contributed by atoms with Crippen LogP contribution in [0.4, 0.5) is 5.69 Å². The smallest absolute Gasteiger partial charge is 0.303 e. The Morgan fingerprint density at radius 3 is 2.48 bits per heavy atom. The van der Waals surface area contributed by atoms with Gasteiger partial charge in [0.05, 0.1) is 18.2 Å². The number of carboxylic acid groups (broad SMARTS) is 1. The van der Waals surface area contributed by atoms with Crippen molar-refractivity contribution in [1.82, 2.24) is 0 Å². The van der Waals surface area contributed by atoms with Gasteiger partial charge in [-0.1, -0.05) is 19.1 Å². The highest BCUT2D eigenvalue weighted by Gasteiger charge is 2.13. The minimum atomic E-state index is -0.829. The third-order valence-electron chi connectivity index (χ3n) is 3.08. The van der Waals surface area contributed by atoms with Crippen molar-refractivity contribution in [1.29, 1.82) is 0 Å². The molecular formula is C15H14BrNO4. The van der Waals surface area contributed by atoms with Gasteiger partial charge >= 0.3 is 5.97 Å². The van der Waals surface area contributed by atoms with E-state index < -0.39 is 5.97 Å². The molecule has 0 aliphatic rings. The van der Waals surface area contributed by atoms with Crippen LogP contribution in [0.1, 0.15) is 35.2 Å². The van der Waals surface area contributed by atoms with Crippen LogP contribution in [0, 0.1) is 0 Å². The normalized spacial score (nSPS) is 11.9. The number of carbonyl (C=O) groups excluding carboxylic acids is 1. The Hall–Kier alpha value is -2.08. The van der Waals surface area contributed by atoms with Gasteiger partial charge in [-0.2, -0.15) is 0 Å². The number of amides is 1. The van der Waals surface area contributed by atoms with Crippen LogP contribution in [0.15, 0.2) is 45.7 Å². The third-order valence-corrected chi connectivity index (χ3v) is 3.70. The van der Waals surface area contributed by atoms with E-state index in [0.717, 1.165) is 5.56 Å². The third kappa shape index (κ3) is 3.95. The van der Waals surface area contributed by atoms with Crippen LogP contribution in [-0.2, 0) is 4.79 Å². The second kappa shape index (κ2) is 6.58. The monoisotopic (exact) mass is 351 g/mol. The van der Waals surface area contributed by atoms with Crippen LogP contribution in [0.5, 0.6) is 0 Å². The number of hydrogen-bond donors (Lipinski definition) is 2. The second-order valence-corrected chi connectivity index (χ2v) is 5.40. The number of furan rings is 1. The molecule has 2 aromatic rings. The SMILES string of the molecule is CC(CC(=O)O)c1ccc(NC(=O)c2ccoc2Br)cc1. The largest absolute Gasteiger partial charge is 0.481 e. The zero-order chi connectivity index (χ0) is 15.4. The minimum Gasteiger partial charge on any atom is -0.481 e. The Labute approximate surface area is 130 Å². The molecule has 1 amide bonds. The van der Waals surface area contributed by atoms with Crippen molar-refractivity contribution in [2.75, 3.05) is 5.32 Å². The van der Waals surface area contributed by atoms with Crippen molar-refractivity contribution in [3.8, 4) is 0 Å². The Kier molecular flexibility index (Phi) is 4.80. The molecule has 0 saturated carbocycles. The van der Waals surface area contributed by atoms with Gasteiger partial charge in [0.1, 0.15) is 0 Å². The Morgan fingerprint density at radius 2 is 1.95 bits per heavy atom. The average Bonchev–Trinajstić information content (AvgIpc) is 2.85. The van der Waals surface area contributed by atoms with Gasteiger partial charge in [-0.15, -0.1) is 0 Å². The summed E-state index contributed by atoms with van der Waals surface area (Å²) >= 11 is 3.15. The predicted molar refractivity (Wildman–Crippen MR) is 81.5 cm³/mol. The number of carboxylic acids is 1. The molecule has 6 heteroatoms. The Bertz CT molecular complexity index is 648. The van der Waals surface area contributed by atoms with Crippen LogP contribution >= 0.6 is 15.9 Å². The lowest BCUT2D eigenvalue weighted by Crippen LogP contribution is -2.11. The van der Waals surface area contributed by atoms with Crippen molar-refractivity contribution >= 4 is 33.5 Å². The topological polar surface area (TPSA) is 79.5 Å². The van der Waals surface area contributed by atoms with E-state index in [1.807, 2.05) is 19.1 Å². The number of halogens is 1. The van der Waals surface area contributed by atoms with E-state index in [9.17, 15) is 9.59 Å². The number of rotatable bonds is 5. The van der Waals surface area contributed by atoms with E-state index in [1.165, 1.54) is 6.26 Å². The number of aliphatic carboxylic acids is 1. The molecule has 21 heavy (non-hydrogen) atoms. The molecule has 0 radical (unpaired) electrons. The first-order valence-corrected chi connectivity index (χ1v) is 7.12.